The maximum Gasteiger partial charge on any atom is 0.325 e. The third-order valence-corrected chi connectivity index (χ3v) is 4.91. The number of pyridine rings is 1. The van der Waals surface area contributed by atoms with Crippen LogP contribution in [0.15, 0.2) is 24.5 Å². The predicted molar refractivity (Wildman–Crippen MR) is 90.5 cm³/mol. The summed E-state index contributed by atoms with van der Waals surface area (Å²) in [5.41, 5.74) is 3.83. The number of hydrogen-bond donors (Lipinski definition) is 3. The second-order valence-corrected chi connectivity index (χ2v) is 6.83. The molecule has 1 saturated heterocycles. The van der Waals surface area contributed by atoms with Crippen molar-refractivity contribution in [1.29, 1.82) is 0 Å². The van der Waals surface area contributed by atoms with Gasteiger partial charge in [0.15, 0.2) is 0 Å². The fourth-order valence-electron chi connectivity index (χ4n) is 3.29. The SMILES string of the molecule is CC1CCC2(CC1)NC(=O)N(CC(=O)NNC(=O)c1cccnc1)C2=O. The Hall–Kier alpha value is -2.97. The normalized spacial score (nSPS) is 25.1. The maximum atomic E-state index is 12.7. The number of aromatic nitrogens is 1. The van der Waals surface area contributed by atoms with Gasteiger partial charge in [-0.3, -0.25) is 35.1 Å². The van der Waals surface area contributed by atoms with Gasteiger partial charge in [0.1, 0.15) is 12.1 Å². The van der Waals surface area contributed by atoms with Gasteiger partial charge in [0, 0.05) is 12.4 Å². The molecule has 138 valence electrons. The zero-order valence-corrected chi connectivity index (χ0v) is 14.4. The molecule has 0 radical (unpaired) electrons. The van der Waals surface area contributed by atoms with Gasteiger partial charge in [0.25, 0.3) is 17.7 Å². The number of urea groups is 1. The van der Waals surface area contributed by atoms with Crippen LogP contribution in [0.2, 0.25) is 0 Å². The number of hydrazine groups is 1. The van der Waals surface area contributed by atoms with E-state index in [1.165, 1.54) is 12.4 Å². The van der Waals surface area contributed by atoms with Crippen molar-refractivity contribution in [1.82, 2.24) is 26.1 Å². The van der Waals surface area contributed by atoms with Gasteiger partial charge < -0.3 is 5.32 Å². The van der Waals surface area contributed by atoms with E-state index in [-0.39, 0.29) is 11.5 Å². The standard InChI is InChI=1S/C17H21N5O4/c1-11-4-6-17(7-5-11)15(25)22(16(26)19-17)10-13(23)20-21-14(24)12-3-2-8-18-9-12/h2-3,8-9,11H,4-7,10H2,1H3,(H,19,26)(H,20,23)(H,21,24). The summed E-state index contributed by atoms with van der Waals surface area (Å²) in [6, 6.07) is 2.56. The molecule has 0 atom stereocenters. The molecule has 0 aromatic carbocycles. The van der Waals surface area contributed by atoms with Crippen molar-refractivity contribution in [2.75, 3.05) is 6.54 Å². The number of rotatable bonds is 3. The van der Waals surface area contributed by atoms with Crippen molar-refractivity contribution >= 4 is 23.8 Å². The fraction of sp³-hybridized carbons (Fsp3) is 0.471. The van der Waals surface area contributed by atoms with E-state index in [4.69, 9.17) is 0 Å². The molecule has 1 saturated carbocycles. The molecule has 26 heavy (non-hydrogen) atoms. The Morgan fingerprint density at radius 2 is 2.04 bits per heavy atom. The van der Waals surface area contributed by atoms with E-state index in [2.05, 4.69) is 28.1 Å². The molecule has 3 N–H and O–H groups in total. The highest BCUT2D eigenvalue weighted by atomic mass is 16.2. The van der Waals surface area contributed by atoms with Gasteiger partial charge in [-0.15, -0.1) is 0 Å². The number of carbonyl (C=O) groups excluding carboxylic acids is 4. The van der Waals surface area contributed by atoms with Crippen LogP contribution in [0.4, 0.5) is 4.79 Å². The first kappa shape index (κ1) is 17.8. The summed E-state index contributed by atoms with van der Waals surface area (Å²) in [4.78, 5) is 53.4. The van der Waals surface area contributed by atoms with E-state index in [1.54, 1.807) is 12.1 Å². The summed E-state index contributed by atoms with van der Waals surface area (Å²) in [6.07, 6.45) is 5.74. The first-order valence-electron chi connectivity index (χ1n) is 8.54. The average molecular weight is 359 g/mol. The lowest BCUT2D eigenvalue weighted by Gasteiger charge is -2.33. The van der Waals surface area contributed by atoms with Crippen molar-refractivity contribution in [3.05, 3.63) is 30.1 Å². The van der Waals surface area contributed by atoms with E-state index in [0.29, 0.717) is 18.8 Å². The van der Waals surface area contributed by atoms with Gasteiger partial charge >= 0.3 is 6.03 Å². The van der Waals surface area contributed by atoms with E-state index >= 15 is 0 Å². The molecule has 2 fully saturated rings. The molecule has 5 amide bonds. The smallest absolute Gasteiger partial charge is 0.323 e. The molecule has 9 heteroatoms. The van der Waals surface area contributed by atoms with Crippen LogP contribution in [-0.4, -0.2) is 45.7 Å². The number of nitrogens with one attached hydrogen (secondary N) is 3. The lowest BCUT2D eigenvalue weighted by atomic mass is 9.77. The summed E-state index contributed by atoms with van der Waals surface area (Å²) in [5.74, 6) is -1.05. The van der Waals surface area contributed by atoms with Crippen LogP contribution < -0.4 is 16.2 Å². The van der Waals surface area contributed by atoms with Crippen molar-refractivity contribution in [2.45, 2.75) is 38.1 Å². The van der Waals surface area contributed by atoms with Crippen molar-refractivity contribution < 1.29 is 19.2 Å². The number of nitrogens with zero attached hydrogens (tertiary/aromatic N) is 2. The van der Waals surface area contributed by atoms with Crippen LogP contribution in [0.1, 0.15) is 43.0 Å². The molecule has 1 aliphatic carbocycles. The summed E-state index contributed by atoms with van der Waals surface area (Å²) in [7, 11) is 0. The Morgan fingerprint density at radius 3 is 2.69 bits per heavy atom. The Morgan fingerprint density at radius 1 is 1.31 bits per heavy atom. The Kier molecular flexibility index (Phi) is 4.88. The third kappa shape index (κ3) is 3.51. The maximum absolute atomic E-state index is 12.7. The van der Waals surface area contributed by atoms with E-state index in [0.717, 1.165) is 17.7 Å². The first-order valence-corrected chi connectivity index (χ1v) is 8.54. The molecule has 1 aromatic rings. The average Bonchev–Trinajstić information content (AvgIpc) is 2.87. The van der Waals surface area contributed by atoms with Gasteiger partial charge in [0.05, 0.1) is 5.56 Å². The highest BCUT2D eigenvalue weighted by Gasteiger charge is 2.52. The highest BCUT2D eigenvalue weighted by Crippen LogP contribution is 2.36. The van der Waals surface area contributed by atoms with E-state index in [9.17, 15) is 19.2 Å². The molecule has 2 aliphatic rings. The summed E-state index contributed by atoms with van der Waals surface area (Å²) >= 11 is 0. The van der Waals surface area contributed by atoms with Gasteiger partial charge in [-0.2, -0.15) is 0 Å². The Labute approximate surface area is 150 Å². The van der Waals surface area contributed by atoms with Crippen LogP contribution >= 0.6 is 0 Å². The minimum absolute atomic E-state index is 0.276. The molecule has 1 aliphatic heterocycles. The molecule has 0 unspecified atom stereocenters. The van der Waals surface area contributed by atoms with Crippen LogP contribution in [-0.2, 0) is 9.59 Å². The zero-order chi connectivity index (χ0) is 18.7. The number of amides is 5. The second kappa shape index (κ2) is 7.11. The molecular weight excluding hydrogens is 338 g/mol. The summed E-state index contributed by atoms with van der Waals surface area (Å²) in [6.45, 7) is 1.67. The number of imide groups is 1. The van der Waals surface area contributed by atoms with Crippen LogP contribution in [0, 0.1) is 5.92 Å². The topological polar surface area (TPSA) is 120 Å². The van der Waals surface area contributed by atoms with E-state index < -0.39 is 29.9 Å². The van der Waals surface area contributed by atoms with Crippen LogP contribution in [0.25, 0.3) is 0 Å². The molecular formula is C17H21N5O4. The zero-order valence-electron chi connectivity index (χ0n) is 14.4. The molecule has 1 spiro atoms. The lowest BCUT2D eigenvalue weighted by molar-refractivity contribution is -0.136. The van der Waals surface area contributed by atoms with Gasteiger partial charge in [-0.1, -0.05) is 6.92 Å². The summed E-state index contributed by atoms with van der Waals surface area (Å²) in [5, 5.41) is 2.75. The lowest BCUT2D eigenvalue weighted by Crippen LogP contribution is -2.50. The predicted octanol–water partition coefficient (Wildman–Crippen LogP) is 0.343. The quantitative estimate of drug-likeness (QED) is 0.531. The molecule has 2 heterocycles. The van der Waals surface area contributed by atoms with Crippen molar-refractivity contribution in [3.63, 3.8) is 0 Å². The Balaban J connectivity index is 1.55. The van der Waals surface area contributed by atoms with E-state index in [1.807, 2.05) is 0 Å². The molecule has 1 aromatic heterocycles. The van der Waals surface area contributed by atoms with Crippen molar-refractivity contribution in [3.8, 4) is 0 Å². The summed E-state index contributed by atoms with van der Waals surface area (Å²) < 4.78 is 0. The fourth-order valence-corrected chi connectivity index (χ4v) is 3.29. The number of hydrogen-bond acceptors (Lipinski definition) is 5. The minimum atomic E-state index is -0.886. The monoisotopic (exact) mass is 359 g/mol. The third-order valence-electron chi connectivity index (χ3n) is 4.91. The molecule has 0 bridgehead atoms. The highest BCUT2D eigenvalue weighted by molar-refractivity contribution is 6.09. The Bertz CT molecular complexity index is 728. The largest absolute Gasteiger partial charge is 0.325 e. The second-order valence-electron chi connectivity index (χ2n) is 6.83. The van der Waals surface area contributed by atoms with Crippen LogP contribution in [0.3, 0.4) is 0 Å². The van der Waals surface area contributed by atoms with Gasteiger partial charge in [-0.25, -0.2) is 4.79 Å². The number of carbonyl (C=O) groups is 4. The molecule has 3 rings (SSSR count). The van der Waals surface area contributed by atoms with Gasteiger partial charge in [0.2, 0.25) is 0 Å². The molecule has 9 nitrogen and oxygen atoms in total. The van der Waals surface area contributed by atoms with Crippen molar-refractivity contribution in [2.24, 2.45) is 5.92 Å². The van der Waals surface area contributed by atoms with Gasteiger partial charge in [-0.05, 0) is 43.7 Å². The van der Waals surface area contributed by atoms with Crippen LogP contribution in [0.5, 0.6) is 0 Å². The first-order chi connectivity index (χ1) is 12.4. The minimum Gasteiger partial charge on any atom is -0.323 e.